The van der Waals surface area contributed by atoms with E-state index < -0.39 is 11.8 Å². The normalized spacial score (nSPS) is 15.5. The third-order valence-electron chi connectivity index (χ3n) is 12.9. The third kappa shape index (κ3) is 18.0. The zero-order valence-corrected chi connectivity index (χ0v) is 46.6. The Hall–Kier alpha value is -7.60. The van der Waals surface area contributed by atoms with E-state index >= 15 is 0 Å². The number of carbonyl (C=O) groups excluding carboxylic acids is 2. The van der Waals surface area contributed by atoms with Crippen molar-refractivity contribution in [2.24, 2.45) is 11.5 Å². The van der Waals surface area contributed by atoms with E-state index in [4.69, 9.17) is 55.0 Å². The van der Waals surface area contributed by atoms with Crippen molar-refractivity contribution >= 4 is 47.2 Å². The number of anilines is 2. The minimum absolute atomic E-state index is 0.108. The number of hydrogen-bond acceptors (Lipinski definition) is 19. The highest BCUT2D eigenvalue weighted by Crippen LogP contribution is 2.37. The molecular weight excluding hydrogens is 1060 g/mol. The first kappa shape index (κ1) is 58.5. The van der Waals surface area contributed by atoms with Crippen LogP contribution in [0.5, 0.6) is 23.3 Å². The number of amides is 2. The fraction of sp³-hybridized carbons (Fsp3) is 0.356. The average Bonchev–Trinajstić information content (AvgIpc) is 3.50. The van der Waals surface area contributed by atoms with Crippen LogP contribution < -0.4 is 40.2 Å². The number of aliphatic hydroxyl groups is 1. The summed E-state index contributed by atoms with van der Waals surface area (Å²) in [5.41, 5.74) is 13.6. The number of aromatic nitrogens is 4. The number of ether oxygens (including phenoxy) is 6. The van der Waals surface area contributed by atoms with E-state index in [0.717, 1.165) is 120 Å². The molecule has 3 aliphatic heterocycles. The Bertz CT molecular complexity index is 3100. The average molecular weight is 1120 g/mol. The summed E-state index contributed by atoms with van der Waals surface area (Å²) in [6, 6.07) is 29.6. The first-order valence-corrected chi connectivity index (χ1v) is 27.9. The molecule has 0 bridgehead atoms. The van der Waals surface area contributed by atoms with Crippen molar-refractivity contribution in [3.63, 3.8) is 0 Å². The highest BCUT2D eigenvalue weighted by Gasteiger charge is 2.23. The topological polar surface area (TPSA) is 226 Å². The standard InChI is InChI=1S/C32H37N5O5S.C27H29N5O4S/c1-39-26-8-6-7-24(21-26)23-42-31-28(43-27-12-10-25(11-13-27)30(33)38)22-34-32(35-31)37-17-15-36(16-18-37)14-3-5-20-41-29-9-2-4-19-40-29;1-35-22-6-4-5-20(17-22)19-36-26-24(37-23-9-7-21(8-10-23)25(28)34)18-29-27(30-26)32-14-12-31(13-15-32)11-2-3-16-33/h6-8,10-13,21-22,29H,2,4,9,14-20,23H2,1H3,(H2,33,38);4-10,17-18,33H,11-16,19H2,1H3,(H2,28,34). The molecule has 0 spiro atoms. The molecule has 19 nitrogen and oxygen atoms in total. The maximum absolute atomic E-state index is 11.5. The number of aliphatic hydroxyl groups excluding tert-OH is 1. The van der Waals surface area contributed by atoms with E-state index in [2.05, 4.69) is 53.2 Å². The molecule has 3 fully saturated rings. The second kappa shape index (κ2) is 30.7. The Morgan fingerprint density at radius 2 is 1.11 bits per heavy atom. The van der Waals surface area contributed by atoms with Crippen LogP contribution in [0.1, 0.15) is 51.1 Å². The van der Waals surface area contributed by atoms with E-state index in [0.29, 0.717) is 67.7 Å². The number of carbonyl (C=O) groups is 2. The van der Waals surface area contributed by atoms with Gasteiger partial charge in [-0.25, -0.2) is 9.97 Å². The molecule has 9 rings (SSSR count). The lowest BCUT2D eigenvalue weighted by Gasteiger charge is -2.33. The van der Waals surface area contributed by atoms with Crippen LogP contribution >= 0.6 is 23.5 Å². The minimum Gasteiger partial charge on any atom is -0.497 e. The molecule has 1 unspecified atom stereocenters. The Morgan fingerprint density at radius 1 is 0.637 bits per heavy atom. The van der Waals surface area contributed by atoms with Crippen molar-refractivity contribution < 1.29 is 43.1 Å². The van der Waals surface area contributed by atoms with Crippen LogP contribution in [-0.2, 0) is 22.7 Å². The minimum atomic E-state index is -0.466. The zero-order chi connectivity index (χ0) is 55.9. The zero-order valence-electron chi connectivity index (χ0n) is 45.0. The molecule has 2 amide bonds. The largest absolute Gasteiger partial charge is 0.497 e. The number of benzene rings is 4. The lowest BCUT2D eigenvalue weighted by atomic mass is 10.2. The van der Waals surface area contributed by atoms with Gasteiger partial charge in [0.05, 0.1) is 49.5 Å². The van der Waals surface area contributed by atoms with Gasteiger partial charge in [0.25, 0.3) is 0 Å². The summed E-state index contributed by atoms with van der Waals surface area (Å²) in [6.07, 6.45) is 6.66. The van der Waals surface area contributed by atoms with Gasteiger partial charge in [-0.05, 0) is 103 Å². The second-order valence-electron chi connectivity index (χ2n) is 18.4. The van der Waals surface area contributed by atoms with Crippen molar-refractivity contribution in [3.8, 4) is 46.9 Å². The van der Waals surface area contributed by atoms with Crippen LogP contribution in [0.3, 0.4) is 0 Å². The number of hydrogen-bond donors (Lipinski definition) is 3. The Kier molecular flexibility index (Phi) is 22.5. The number of nitrogens with two attached hydrogens (primary N) is 2. The quantitative estimate of drug-likeness (QED) is 0.0702. The smallest absolute Gasteiger partial charge is 0.248 e. The predicted molar refractivity (Wildman–Crippen MR) is 306 cm³/mol. The molecule has 0 aliphatic carbocycles. The van der Waals surface area contributed by atoms with E-state index in [9.17, 15) is 9.59 Å². The van der Waals surface area contributed by atoms with Crippen LogP contribution in [0.15, 0.2) is 129 Å². The molecule has 6 aromatic rings. The van der Waals surface area contributed by atoms with Crippen molar-refractivity contribution in [3.05, 3.63) is 132 Å². The maximum Gasteiger partial charge on any atom is 0.248 e. The van der Waals surface area contributed by atoms with Crippen LogP contribution in [0.25, 0.3) is 0 Å². The monoisotopic (exact) mass is 1120 g/mol. The number of primary amides is 2. The van der Waals surface area contributed by atoms with Crippen molar-refractivity contribution in [1.29, 1.82) is 0 Å². The number of methoxy groups -OCH3 is 2. The summed E-state index contributed by atoms with van der Waals surface area (Å²) >= 11 is 2.92. The van der Waals surface area contributed by atoms with Gasteiger partial charge in [-0.1, -0.05) is 71.5 Å². The van der Waals surface area contributed by atoms with Gasteiger partial charge in [-0.2, -0.15) is 9.97 Å². The molecule has 0 saturated carbocycles. The molecule has 80 heavy (non-hydrogen) atoms. The van der Waals surface area contributed by atoms with E-state index in [1.165, 1.54) is 23.5 Å². The van der Waals surface area contributed by atoms with Crippen LogP contribution in [0.4, 0.5) is 11.9 Å². The molecule has 4 aromatic carbocycles. The summed E-state index contributed by atoms with van der Waals surface area (Å²) in [6.45, 7) is 9.47. The first-order chi connectivity index (χ1) is 39.1. The van der Waals surface area contributed by atoms with Crippen LogP contribution in [0, 0.1) is 23.7 Å². The SMILES string of the molecule is COc1cccc(COc2nc(N3CCN(CC#CCO)CC3)ncc2Sc2ccc(C(N)=O)cc2)c1.COc1cccc(COc2nc(N3CCN(CC#CCOC4CCCCO4)CC3)ncc2Sc2ccc(C(N)=O)cc2)c1. The molecular formula is C59H66N10O9S2. The van der Waals surface area contributed by atoms with Crippen molar-refractivity contribution in [1.82, 2.24) is 29.7 Å². The summed E-state index contributed by atoms with van der Waals surface area (Å²) in [4.78, 5) is 54.0. The summed E-state index contributed by atoms with van der Waals surface area (Å²) < 4.78 is 34.4. The Labute approximate surface area is 475 Å². The molecule has 418 valence electrons. The van der Waals surface area contributed by atoms with Crippen molar-refractivity contribution in [2.75, 3.05) is 109 Å². The molecule has 5 N–H and O–H groups in total. The molecule has 3 aliphatic rings. The van der Waals surface area contributed by atoms with E-state index in [1.54, 1.807) is 50.9 Å². The first-order valence-electron chi connectivity index (χ1n) is 26.2. The fourth-order valence-electron chi connectivity index (χ4n) is 8.43. The number of piperazine rings is 2. The summed E-state index contributed by atoms with van der Waals surface area (Å²) in [5, 5.41) is 8.85. The number of nitrogens with zero attached hydrogens (tertiary/aromatic N) is 8. The molecule has 5 heterocycles. The third-order valence-corrected chi connectivity index (χ3v) is 14.9. The van der Waals surface area contributed by atoms with Crippen molar-refractivity contribution in [2.45, 2.75) is 58.3 Å². The van der Waals surface area contributed by atoms with Gasteiger partial charge in [0.15, 0.2) is 6.29 Å². The maximum atomic E-state index is 11.5. The molecule has 1 atom stereocenters. The second-order valence-corrected chi connectivity index (χ2v) is 20.7. The van der Waals surface area contributed by atoms with Gasteiger partial charge in [-0.15, -0.1) is 0 Å². The molecule has 21 heteroatoms. The highest BCUT2D eigenvalue weighted by atomic mass is 32.2. The van der Waals surface area contributed by atoms with Gasteiger partial charge >= 0.3 is 0 Å². The van der Waals surface area contributed by atoms with Gasteiger partial charge < -0.3 is 54.8 Å². The van der Waals surface area contributed by atoms with Crippen LogP contribution in [0.2, 0.25) is 0 Å². The molecule has 0 radical (unpaired) electrons. The van der Waals surface area contributed by atoms with Gasteiger partial charge in [0.2, 0.25) is 35.5 Å². The van der Waals surface area contributed by atoms with Gasteiger partial charge in [0, 0.05) is 79.9 Å². The lowest BCUT2D eigenvalue weighted by molar-refractivity contribution is -0.154. The predicted octanol–water partition coefficient (Wildman–Crippen LogP) is 6.41. The fourth-order valence-corrected chi connectivity index (χ4v) is 10.1. The highest BCUT2D eigenvalue weighted by molar-refractivity contribution is 7.99. The van der Waals surface area contributed by atoms with Crippen LogP contribution in [-0.4, -0.2) is 152 Å². The summed E-state index contributed by atoms with van der Waals surface area (Å²) in [7, 11) is 3.27. The van der Waals surface area contributed by atoms with E-state index in [-0.39, 0.29) is 12.9 Å². The summed E-state index contributed by atoms with van der Waals surface area (Å²) in [5.74, 6) is 14.8. The molecule has 2 aromatic heterocycles. The number of rotatable bonds is 20. The molecule has 3 saturated heterocycles. The van der Waals surface area contributed by atoms with E-state index in [1.807, 2.05) is 72.8 Å². The van der Waals surface area contributed by atoms with Gasteiger partial charge in [-0.3, -0.25) is 19.4 Å². The Morgan fingerprint density at radius 3 is 1.54 bits per heavy atom. The van der Waals surface area contributed by atoms with Gasteiger partial charge in [0.1, 0.15) is 37.9 Å². The Balaban J connectivity index is 0.000000213. The lowest BCUT2D eigenvalue weighted by Crippen LogP contribution is -2.47.